The number of benzene rings is 1. The molecule has 0 aromatic heterocycles. The molecule has 0 aliphatic carbocycles. The van der Waals surface area contributed by atoms with Gasteiger partial charge in [0.1, 0.15) is 6.54 Å². The third-order valence-corrected chi connectivity index (χ3v) is 5.44. The van der Waals surface area contributed by atoms with E-state index in [9.17, 15) is 0 Å². The summed E-state index contributed by atoms with van der Waals surface area (Å²) in [5, 5.41) is 0. The summed E-state index contributed by atoms with van der Waals surface area (Å²) in [6, 6.07) is 11.0. The van der Waals surface area contributed by atoms with Gasteiger partial charge in [-0.15, -0.1) is 0 Å². The lowest BCUT2D eigenvalue weighted by molar-refractivity contribution is -0.938. The SMILES string of the molecule is CCCCCCCCCCC[N+](CC)(CC)Cc1ccccc1.[Cl-]. The Labute approximate surface area is 157 Å². The van der Waals surface area contributed by atoms with E-state index in [0.717, 1.165) is 0 Å². The Balaban J connectivity index is 0.00000529. The van der Waals surface area contributed by atoms with E-state index in [1.807, 2.05) is 0 Å². The molecule has 1 nitrogen and oxygen atoms in total. The highest BCUT2D eigenvalue weighted by atomic mass is 35.5. The summed E-state index contributed by atoms with van der Waals surface area (Å²) >= 11 is 0. The van der Waals surface area contributed by atoms with Crippen molar-refractivity contribution < 1.29 is 16.9 Å². The van der Waals surface area contributed by atoms with Gasteiger partial charge in [-0.3, -0.25) is 0 Å². The minimum atomic E-state index is 0. The summed E-state index contributed by atoms with van der Waals surface area (Å²) in [7, 11) is 0. The van der Waals surface area contributed by atoms with Crippen LogP contribution in [0.15, 0.2) is 30.3 Å². The summed E-state index contributed by atoms with van der Waals surface area (Å²) in [5.74, 6) is 0. The van der Waals surface area contributed by atoms with Crippen molar-refractivity contribution in [3.63, 3.8) is 0 Å². The van der Waals surface area contributed by atoms with E-state index in [4.69, 9.17) is 0 Å². The second kappa shape index (κ2) is 14.8. The molecule has 0 aliphatic rings. The van der Waals surface area contributed by atoms with Crippen LogP contribution in [0.5, 0.6) is 0 Å². The molecule has 2 heteroatoms. The lowest BCUT2D eigenvalue weighted by Crippen LogP contribution is -3.00. The number of hydrogen-bond donors (Lipinski definition) is 0. The van der Waals surface area contributed by atoms with E-state index in [-0.39, 0.29) is 12.4 Å². The van der Waals surface area contributed by atoms with Crippen LogP contribution in [0.3, 0.4) is 0 Å². The molecule has 0 aliphatic heterocycles. The standard InChI is InChI=1S/C22H40N.ClH/c1-4-7-8-9-10-11-12-13-17-20-23(5-2,6-3)21-22-18-15-14-16-19-22;/h14-16,18-19H,4-13,17,20-21H2,1-3H3;1H/q+1;/p-1. The molecule has 1 aromatic rings. The van der Waals surface area contributed by atoms with Gasteiger partial charge in [0.2, 0.25) is 0 Å². The van der Waals surface area contributed by atoms with E-state index in [0.29, 0.717) is 0 Å². The average molecular weight is 354 g/mol. The van der Waals surface area contributed by atoms with E-state index in [1.165, 1.54) is 94.0 Å². The number of nitrogens with zero attached hydrogens (tertiary/aromatic N) is 1. The van der Waals surface area contributed by atoms with Crippen molar-refractivity contribution in [3.8, 4) is 0 Å². The first-order valence-corrected chi connectivity index (χ1v) is 10.2. The van der Waals surface area contributed by atoms with Crippen LogP contribution in [0.4, 0.5) is 0 Å². The second-order valence-electron chi connectivity index (χ2n) is 7.17. The Morgan fingerprint density at radius 1 is 0.667 bits per heavy atom. The third kappa shape index (κ3) is 9.69. The largest absolute Gasteiger partial charge is 1.00 e. The van der Waals surface area contributed by atoms with Gasteiger partial charge in [0, 0.05) is 5.56 Å². The van der Waals surface area contributed by atoms with Crippen LogP contribution in [-0.2, 0) is 6.54 Å². The molecule has 1 aromatic carbocycles. The first-order chi connectivity index (χ1) is 11.3. The van der Waals surface area contributed by atoms with Crippen molar-refractivity contribution in [2.75, 3.05) is 19.6 Å². The molecule has 0 atom stereocenters. The highest BCUT2D eigenvalue weighted by molar-refractivity contribution is 5.13. The molecular weight excluding hydrogens is 314 g/mol. The summed E-state index contributed by atoms with van der Waals surface area (Å²) in [6.45, 7) is 12.1. The van der Waals surface area contributed by atoms with Crippen LogP contribution < -0.4 is 12.4 Å². The topological polar surface area (TPSA) is 0 Å². The fraction of sp³-hybridized carbons (Fsp3) is 0.727. The zero-order valence-corrected chi connectivity index (χ0v) is 17.2. The molecule has 0 amide bonds. The molecule has 24 heavy (non-hydrogen) atoms. The number of rotatable bonds is 14. The minimum Gasteiger partial charge on any atom is -1.00 e. The number of quaternary nitrogens is 1. The molecule has 0 heterocycles. The molecule has 140 valence electrons. The Bertz CT molecular complexity index is 373. The summed E-state index contributed by atoms with van der Waals surface area (Å²) in [5.41, 5.74) is 1.49. The Morgan fingerprint density at radius 3 is 1.67 bits per heavy atom. The fourth-order valence-electron chi connectivity index (χ4n) is 3.57. The van der Waals surface area contributed by atoms with Crippen LogP contribution >= 0.6 is 0 Å². The molecule has 1 rings (SSSR count). The normalized spacial score (nSPS) is 11.3. The average Bonchev–Trinajstić information content (AvgIpc) is 2.60. The maximum absolute atomic E-state index is 2.36. The van der Waals surface area contributed by atoms with Gasteiger partial charge in [-0.1, -0.05) is 82.2 Å². The highest BCUT2D eigenvalue weighted by Crippen LogP contribution is 2.17. The lowest BCUT2D eigenvalue weighted by atomic mass is 10.1. The third-order valence-electron chi connectivity index (χ3n) is 5.44. The molecule has 0 saturated carbocycles. The minimum absolute atomic E-state index is 0. The molecule has 0 N–H and O–H groups in total. The van der Waals surface area contributed by atoms with Crippen LogP contribution in [0.1, 0.15) is 84.1 Å². The highest BCUT2D eigenvalue weighted by Gasteiger charge is 2.22. The van der Waals surface area contributed by atoms with Gasteiger partial charge in [-0.2, -0.15) is 0 Å². The first-order valence-electron chi connectivity index (χ1n) is 10.2. The molecule has 0 bridgehead atoms. The monoisotopic (exact) mass is 353 g/mol. The van der Waals surface area contributed by atoms with E-state index in [2.05, 4.69) is 51.1 Å². The maximum Gasteiger partial charge on any atom is 0.104 e. The smallest absolute Gasteiger partial charge is 0.104 e. The fourth-order valence-corrected chi connectivity index (χ4v) is 3.57. The van der Waals surface area contributed by atoms with Crippen molar-refractivity contribution in [2.24, 2.45) is 0 Å². The lowest BCUT2D eigenvalue weighted by Gasteiger charge is -2.37. The van der Waals surface area contributed by atoms with Gasteiger partial charge in [-0.25, -0.2) is 0 Å². The van der Waals surface area contributed by atoms with Crippen molar-refractivity contribution in [3.05, 3.63) is 35.9 Å². The first kappa shape index (κ1) is 23.5. The molecule has 0 fully saturated rings. The molecular formula is C22H40ClN. The van der Waals surface area contributed by atoms with Gasteiger partial charge in [0.25, 0.3) is 0 Å². The van der Waals surface area contributed by atoms with Gasteiger partial charge >= 0.3 is 0 Å². The Hall–Kier alpha value is -0.530. The Morgan fingerprint density at radius 2 is 1.17 bits per heavy atom. The number of unbranched alkanes of at least 4 members (excludes halogenated alkanes) is 8. The van der Waals surface area contributed by atoms with Crippen LogP contribution in [0, 0.1) is 0 Å². The summed E-state index contributed by atoms with van der Waals surface area (Å²) in [4.78, 5) is 0. The molecule has 0 unspecified atom stereocenters. The second-order valence-corrected chi connectivity index (χ2v) is 7.17. The maximum atomic E-state index is 2.36. The van der Waals surface area contributed by atoms with E-state index < -0.39 is 0 Å². The van der Waals surface area contributed by atoms with Crippen molar-refractivity contribution in [2.45, 2.75) is 85.1 Å². The molecule has 0 spiro atoms. The molecule has 0 saturated heterocycles. The van der Waals surface area contributed by atoms with Gasteiger partial charge in [0.15, 0.2) is 0 Å². The summed E-state index contributed by atoms with van der Waals surface area (Å²) < 4.78 is 1.25. The zero-order valence-electron chi connectivity index (χ0n) is 16.4. The van der Waals surface area contributed by atoms with Crippen molar-refractivity contribution >= 4 is 0 Å². The van der Waals surface area contributed by atoms with E-state index in [1.54, 1.807) is 0 Å². The van der Waals surface area contributed by atoms with Crippen molar-refractivity contribution in [1.29, 1.82) is 0 Å². The van der Waals surface area contributed by atoms with Gasteiger partial charge in [-0.05, 0) is 26.7 Å². The van der Waals surface area contributed by atoms with Crippen molar-refractivity contribution in [1.82, 2.24) is 0 Å². The molecule has 0 radical (unpaired) electrons. The number of halogens is 1. The van der Waals surface area contributed by atoms with E-state index >= 15 is 0 Å². The van der Waals surface area contributed by atoms with Crippen LogP contribution in [0.25, 0.3) is 0 Å². The summed E-state index contributed by atoms with van der Waals surface area (Å²) in [6.07, 6.45) is 12.8. The Kier molecular flexibility index (Phi) is 14.5. The van der Waals surface area contributed by atoms with Crippen LogP contribution in [-0.4, -0.2) is 24.1 Å². The predicted octanol–water partition coefficient (Wildman–Crippen LogP) is 3.58. The number of hydrogen-bond acceptors (Lipinski definition) is 0. The quantitative estimate of drug-likeness (QED) is 0.354. The predicted molar refractivity (Wildman–Crippen MR) is 104 cm³/mol. The van der Waals surface area contributed by atoms with Gasteiger partial charge in [0.05, 0.1) is 19.6 Å². The van der Waals surface area contributed by atoms with Crippen LogP contribution in [0.2, 0.25) is 0 Å². The zero-order chi connectivity index (χ0) is 16.8. The van der Waals surface area contributed by atoms with Gasteiger partial charge < -0.3 is 16.9 Å².